The molecule has 2 heterocycles. The van der Waals surface area contributed by atoms with Crippen molar-refractivity contribution < 1.29 is 0 Å². The molecule has 0 N–H and O–H groups in total. The summed E-state index contributed by atoms with van der Waals surface area (Å²) in [6.07, 6.45) is 6.48. The SMILES string of the molecule is Cc1cnn(CCCN2CCCN(c3ccccc3)CC2)c1. The molecule has 1 aromatic heterocycles. The van der Waals surface area contributed by atoms with Gasteiger partial charge in [-0.3, -0.25) is 4.68 Å². The molecule has 4 heteroatoms. The maximum atomic E-state index is 4.36. The van der Waals surface area contributed by atoms with Crippen LogP contribution in [0.4, 0.5) is 5.69 Å². The predicted molar refractivity (Wildman–Crippen MR) is 91.3 cm³/mol. The summed E-state index contributed by atoms with van der Waals surface area (Å²) >= 11 is 0. The molecule has 1 aromatic carbocycles. The number of para-hydroxylation sites is 1. The van der Waals surface area contributed by atoms with E-state index in [4.69, 9.17) is 0 Å². The molecule has 0 radical (unpaired) electrons. The van der Waals surface area contributed by atoms with Crippen LogP contribution in [0.1, 0.15) is 18.4 Å². The Morgan fingerprint density at radius 3 is 2.64 bits per heavy atom. The average molecular weight is 298 g/mol. The van der Waals surface area contributed by atoms with Crippen LogP contribution in [0, 0.1) is 6.92 Å². The molecule has 1 aliphatic rings. The molecule has 118 valence electrons. The first-order chi connectivity index (χ1) is 10.8. The highest BCUT2D eigenvalue weighted by molar-refractivity contribution is 5.46. The molecular formula is C18H26N4. The van der Waals surface area contributed by atoms with Gasteiger partial charge in [-0.25, -0.2) is 0 Å². The summed E-state index contributed by atoms with van der Waals surface area (Å²) in [7, 11) is 0. The van der Waals surface area contributed by atoms with Crippen LogP contribution < -0.4 is 4.90 Å². The van der Waals surface area contributed by atoms with Crippen LogP contribution in [0.15, 0.2) is 42.7 Å². The highest BCUT2D eigenvalue weighted by Gasteiger charge is 2.14. The van der Waals surface area contributed by atoms with Gasteiger partial charge in [0.05, 0.1) is 6.20 Å². The summed E-state index contributed by atoms with van der Waals surface area (Å²) in [5.41, 5.74) is 2.60. The van der Waals surface area contributed by atoms with Gasteiger partial charge in [-0.15, -0.1) is 0 Å². The zero-order valence-corrected chi connectivity index (χ0v) is 13.5. The van der Waals surface area contributed by atoms with Crippen molar-refractivity contribution in [2.75, 3.05) is 37.6 Å². The van der Waals surface area contributed by atoms with Gasteiger partial charge in [0.2, 0.25) is 0 Å². The number of anilines is 1. The minimum absolute atomic E-state index is 1.02. The van der Waals surface area contributed by atoms with Crippen LogP contribution >= 0.6 is 0 Å². The fourth-order valence-electron chi connectivity index (χ4n) is 3.14. The molecule has 0 spiro atoms. The number of rotatable bonds is 5. The quantitative estimate of drug-likeness (QED) is 0.848. The summed E-state index contributed by atoms with van der Waals surface area (Å²) in [6.45, 7) is 8.95. The molecule has 0 bridgehead atoms. The van der Waals surface area contributed by atoms with E-state index >= 15 is 0 Å². The molecule has 0 saturated carbocycles. The second-order valence-corrected chi connectivity index (χ2v) is 6.15. The molecule has 0 amide bonds. The second-order valence-electron chi connectivity index (χ2n) is 6.15. The van der Waals surface area contributed by atoms with E-state index in [2.05, 4.69) is 63.0 Å². The summed E-state index contributed by atoms with van der Waals surface area (Å²) < 4.78 is 2.06. The molecule has 1 fully saturated rings. The van der Waals surface area contributed by atoms with E-state index in [-0.39, 0.29) is 0 Å². The number of benzene rings is 1. The molecule has 3 rings (SSSR count). The van der Waals surface area contributed by atoms with Crippen LogP contribution in [-0.2, 0) is 6.54 Å². The third kappa shape index (κ3) is 4.10. The lowest BCUT2D eigenvalue weighted by Gasteiger charge is -2.23. The van der Waals surface area contributed by atoms with Crippen molar-refractivity contribution in [3.8, 4) is 0 Å². The molecule has 4 nitrogen and oxygen atoms in total. The minimum Gasteiger partial charge on any atom is -0.370 e. The van der Waals surface area contributed by atoms with Gasteiger partial charge < -0.3 is 9.80 Å². The molecule has 22 heavy (non-hydrogen) atoms. The van der Waals surface area contributed by atoms with E-state index in [0.717, 1.165) is 19.6 Å². The summed E-state index contributed by atoms with van der Waals surface area (Å²) in [5, 5.41) is 4.36. The Labute approximate surface area is 133 Å². The normalized spacial score (nSPS) is 16.7. The number of hydrogen-bond donors (Lipinski definition) is 0. The van der Waals surface area contributed by atoms with Gasteiger partial charge in [-0.1, -0.05) is 18.2 Å². The van der Waals surface area contributed by atoms with Crippen molar-refractivity contribution in [3.05, 3.63) is 48.3 Å². The van der Waals surface area contributed by atoms with Gasteiger partial charge in [0.25, 0.3) is 0 Å². The Balaban J connectivity index is 1.44. The zero-order chi connectivity index (χ0) is 15.2. The molecule has 1 aliphatic heterocycles. The van der Waals surface area contributed by atoms with Crippen molar-refractivity contribution in [2.45, 2.75) is 26.3 Å². The second kappa shape index (κ2) is 7.45. The average Bonchev–Trinajstić information content (AvgIpc) is 2.82. The number of aryl methyl sites for hydroxylation is 2. The zero-order valence-electron chi connectivity index (χ0n) is 13.5. The molecule has 0 atom stereocenters. The van der Waals surface area contributed by atoms with Gasteiger partial charge in [-0.05, 0) is 50.6 Å². The van der Waals surface area contributed by atoms with E-state index < -0.39 is 0 Å². The van der Waals surface area contributed by atoms with E-state index in [9.17, 15) is 0 Å². The molecular weight excluding hydrogens is 272 g/mol. The Bertz CT molecular complexity index is 563. The van der Waals surface area contributed by atoms with Crippen molar-refractivity contribution in [2.24, 2.45) is 0 Å². The lowest BCUT2D eigenvalue weighted by Crippen LogP contribution is -2.31. The highest BCUT2D eigenvalue weighted by Crippen LogP contribution is 2.15. The van der Waals surface area contributed by atoms with Gasteiger partial charge in [0, 0.05) is 38.1 Å². The maximum Gasteiger partial charge on any atom is 0.0518 e. The third-order valence-corrected chi connectivity index (χ3v) is 4.33. The van der Waals surface area contributed by atoms with Crippen molar-refractivity contribution in [3.63, 3.8) is 0 Å². The molecule has 0 aliphatic carbocycles. The van der Waals surface area contributed by atoms with Crippen LogP contribution in [-0.4, -0.2) is 47.4 Å². The summed E-state index contributed by atoms with van der Waals surface area (Å²) in [5.74, 6) is 0. The lowest BCUT2D eigenvalue weighted by atomic mass is 10.3. The first kappa shape index (κ1) is 15.1. The van der Waals surface area contributed by atoms with Gasteiger partial charge in [0.15, 0.2) is 0 Å². The fourth-order valence-corrected chi connectivity index (χ4v) is 3.14. The maximum absolute atomic E-state index is 4.36. The molecule has 1 saturated heterocycles. The largest absolute Gasteiger partial charge is 0.370 e. The van der Waals surface area contributed by atoms with Gasteiger partial charge >= 0.3 is 0 Å². The smallest absolute Gasteiger partial charge is 0.0518 e. The number of nitrogens with zero attached hydrogens (tertiary/aromatic N) is 4. The molecule has 0 unspecified atom stereocenters. The van der Waals surface area contributed by atoms with E-state index in [1.165, 1.54) is 43.7 Å². The Morgan fingerprint density at radius 1 is 1.00 bits per heavy atom. The van der Waals surface area contributed by atoms with Gasteiger partial charge in [-0.2, -0.15) is 5.10 Å². The summed E-state index contributed by atoms with van der Waals surface area (Å²) in [6, 6.07) is 10.8. The van der Waals surface area contributed by atoms with Crippen LogP contribution in [0.3, 0.4) is 0 Å². The van der Waals surface area contributed by atoms with E-state index in [0.29, 0.717) is 0 Å². The highest BCUT2D eigenvalue weighted by atomic mass is 15.3. The topological polar surface area (TPSA) is 24.3 Å². The minimum atomic E-state index is 1.02. The molecule has 2 aromatic rings. The number of hydrogen-bond acceptors (Lipinski definition) is 3. The Kier molecular flexibility index (Phi) is 5.11. The van der Waals surface area contributed by atoms with Crippen molar-refractivity contribution >= 4 is 5.69 Å². The number of aromatic nitrogens is 2. The van der Waals surface area contributed by atoms with Crippen LogP contribution in [0.25, 0.3) is 0 Å². The Morgan fingerprint density at radius 2 is 1.86 bits per heavy atom. The fraction of sp³-hybridized carbons (Fsp3) is 0.500. The standard InChI is InChI=1S/C18H26N4/c1-17-15-19-22(16-17)12-6-10-20-9-5-11-21(14-13-20)18-7-3-2-4-8-18/h2-4,7-8,15-16H,5-6,9-14H2,1H3. The summed E-state index contributed by atoms with van der Waals surface area (Å²) in [4.78, 5) is 5.11. The predicted octanol–water partition coefficient (Wildman–Crippen LogP) is 2.79. The third-order valence-electron chi connectivity index (χ3n) is 4.33. The van der Waals surface area contributed by atoms with Crippen LogP contribution in [0.5, 0.6) is 0 Å². The Hall–Kier alpha value is -1.81. The van der Waals surface area contributed by atoms with Crippen molar-refractivity contribution in [1.82, 2.24) is 14.7 Å². The van der Waals surface area contributed by atoms with Crippen molar-refractivity contribution in [1.29, 1.82) is 0 Å². The van der Waals surface area contributed by atoms with Crippen LogP contribution in [0.2, 0.25) is 0 Å². The first-order valence-electron chi connectivity index (χ1n) is 8.33. The van der Waals surface area contributed by atoms with E-state index in [1.54, 1.807) is 0 Å². The lowest BCUT2D eigenvalue weighted by molar-refractivity contribution is 0.281. The first-order valence-corrected chi connectivity index (χ1v) is 8.33. The van der Waals surface area contributed by atoms with Gasteiger partial charge in [0.1, 0.15) is 0 Å². The monoisotopic (exact) mass is 298 g/mol. The van der Waals surface area contributed by atoms with E-state index in [1.807, 2.05) is 6.20 Å².